The maximum Gasteiger partial charge on any atom is 0.212 e. The van der Waals surface area contributed by atoms with E-state index in [1.807, 2.05) is 34.0 Å². The van der Waals surface area contributed by atoms with E-state index in [0.717, 1.165) is 16.8 Å². The summed E-state index contributed by atoms with van der Waals surface area (Å²) in [6.07, 6.45) is 0.594. The van der Waals surface area contributed by atoms with Crippen LogP contribution in [0.2, 0.25) is 0 Å². The number of benzene rings is 1. The predicted molar refractivity (Wildman–Crippen MR) is 95.0 cm³/mol. The molecule has 0 radical (unpaired) electrons. The molecular formula is C21H30N+. The Balaban J connectivity index is 2.75. The van der Waals surface area contributed by atoms with Gasteiger partial charge in [0, 0.05) is 19.9 Å². The summed E-state index contributed by atoms with van der Waals surface area (Å²) in [5, 5.41) is 0. The molecule has 0 aliphatic heterocycles. The van der Waals surface area contributed by atoms with Crippen LogP contribution in [0.4, 0.5) is 0 Å². The van der Waals surface area contributed by atoms with Crippen molar-refractivity contribution in [1.82, 2.24) is 0 Å². The lowest BCUT2D eigenvalue weighted by molar-refractivity contribution is -0.661. The van der Waals surface area contributed by atoms with Gasteiger partial charge in [-0.3, -0.25) is 0 Å². The zero-order chi connectivity index (χ0) is 18.3. The van der Waals surface area contributed by atoms with E-state index in [4.69, 9.17) is 2.74 Å². The standard InChI is InChI=1S/C21H30N/c1-15(2)19-12-20(18-11-9-8-10-16(18)3)22(7)14-17(19)13-21(4,5)6/h8-12,14-15H,13H2,1-7H3/q+1/i13D2. The Kier molecular flexibility index (Phi) is 3.97. The van der Waals surface area contributed by atoms with Gasteiger partial charge in [0.15, 0.2) is 6.20 Å². The van der Waals surface area contributed by atoms with Crippen molar-refractivity contribution in [3.05, 3.63) is 53.2 Å². The van der Waals surface area contributed by atoms with Crippen LogP contribution in [0.3, 0.4) is 0 Å². The van der Waals surface area contributed by atoms with Gasteiger partial charge in [-0.25, -0.2) is 4.57 Å². The SMILES string of the molecule is [2H]C([2H])(c1c[n+](C)c(-c2ccccc2C)cc1C(C)C)C(C)(C)C. The summed E-state index contributed by atoms with van der Waals surface area (Å²) in [6.45, 7) is 12.3. The maximum absolute atomic E-state index is 8.72. The third-order valence-electron chi connectivity index (χ3n) is 3.86. The van der Waals surface area contributed by atoms with Crippen LogP contribution in [-0.2, 0) is 13.4 Å². The summed E-state index contributed by atoms with van der Waals surface area (Å²) < 4.78 is 19.5. The summed E-state index contributed by atoms with van der Waals surface area (Å²) >= 11 is 0. The highest BCUT2D eigenvalue weighted by Crippen LogP contribution is 2.29. The van der Waals surface area contributed by atoms with Gasteiger partial charge in [0.05, 0.1) is 0 Å². The van der Waals surface area contributed by atoms with E-state index in [-0.39, 0.29) is 5.92 Å². The average Bonchev–Trinajstić information content (AvgIpc) is 2.46. The fourth-order valence-electron chi connectivity index (χ4n) is 2.78. The lowest BCUT2D eigenvalue weighted by Gasteiger charge is -2.21. The predicted octanol–water partition coefficient (Wildman–Crippen LogP) is 5.20. The van der Waals surface area contributed by atoms with Crippen LogP contribution in [0, 0.1) is 12.3 Å². The van der Waals surface area contributed by atoms with Gasteiger partial charge in [0.25, 0.3) is 0 Å². The molecule has 0 aliphatic rings. The molecule has 0 bridgehead atoms. The van der Waals surface area contributed by atoms with Gasteiger partial charge in [-0.15, -0.1) is 0 Å². The van der Waals surface area contributed by atoms with Crippen LogP contribution in [0.15, 0.2) is 36.5 Å². The first-order valence-electron chi connectivity index (χ1n) is 9.07. The van der Waals surface area contributed by atoms with Gasteiger partial charge in [0.2, 0.25) is 5.69 Å². The first-order chi connectivity index (χ1) is 11.0. The van der Waals surface area contributed by atoms with E-state index in [9.17, 15) is 0 Å². The molecule has 118 valence electrons. The molecule has 2 aromatic rings. The second-order valence-corrected chi connectivity index (χ2v) is 7.48. The summed E-state index contributed by atoms with van der Waals surface area (Å²) in [5.41, 5.74) is 4.98. The summed E-state index contributed by atoms with van der Waals surface area (Å²) in [5.74, 6) is 0.265. The second kappa shape index (κ2) is 6.24. The minimum Gasteiger partial charge on any atom is -0.201 e. The van der Waals surface area contributed by atoms with Crippen LogP contribution in [0.25, 0.3) is 11.3 Å². The summed E-state index contributed by atoms with van der Waals surface area (Å²) in [6, 6.07) is 10.5. The first kappa shape index (κ1) is 14.0. The fourth-order valence-corrected chi connectivity index (χ4v) is 2.78. The van der Waals surface area contributed by atoms with Crippen molar-refractivity contribution >= 4 is 0 Å². The van der Waals surface area contributed by atoms with E-state index in [1.54, 1.807) is 0 Å². The van der Waals surface area contributed by atoms with Crippen molar-refractivity contribution < 1.29 is 7.31 Å². The zero-order valence-corrected chi connectivity index (χ0v) is 15.0. The van der Waals surface area contributed by atoms with Crippen molar-refractivity contribution in [1.29, 1.82) is 0 Å². The Morgan fingerprint density at radius 3 is 2.36 bits per heavy atom. The maximum atomic E-state index is 8.72. The molecule has 0 unspecified atom stereocenters. The number of hydrogen-bond donors (Lipinski definition) is 0. The molecule has 0 atom stereocenters. The number of nitrogens with zero attached hydrogens (tertiary/aromatic N) is 1. The van der Waals surface area contributed by atoms with Crippen molar-refractivity contribution in [2.75, 3.05) is 0 Å². The van der Waals surface area contributed by atoms with Gasteiger partial charge in [-0.2, -0.15) is 0 Å². The van der Waals surface area contributed by atoms with Crippen LogP contribution in [-0.4, -0.2) is 0 Å². The number of rotatable bonds is 3. The lowest BCUT2D eigenvalue weighted by Crippen LogP contribution is -2.33. The number of hydrogen-bond acceptors (Lipinski definition) is 0. The molecule has 1 heterocycles. The molecule has 0 amide bonds. The Morgan fingerprint density at radius 1 is 1.18 bits per heavy atom. The summed E-state index contributed by atoms with van der Waals surface area (Å²) in [7, 11) is 2.01. The highest BCUT2D eigenvalue weighted by Gasteiger charge is 2.22. The van der Waals surface area contributed by atoms with Crippen LogP contribution < -0.4 is 4.57 Å². The normalized spacial score (nSPS) is 14.0. The topological polar surface area (TPSA) is 3.88 Å². The average molecular weight is 298 g/mol. The van der Waals surface area contributed by atoms with Crippen molar-refractivity contribution in [3.8, 4) is 11.3 Å². The third-order valence-corrected chi connectivity index (χ3v) is 3.86. The van der Waals surface area contributed by atoms with Crippen molar-refractivity contribution in [2.45, 2.75) is 53.8 Å². The summed E-state index contributed by atoms with van der Waals surface area (Å²) in [4.78, 5) is 0. The highest BCUT2D eigenvalue weighted by molar-refractivity contribution is 5.61. The molecule has 1 aromatic heterocycles. The Morgan fingerprint density at radius 2 is 1.82 bits per heavy atom. The number of aryl methyl sites for hydroxylation is 2. The molecule has 0 spiro atoms. The van der Waals surface area contributed by atoms with E-state index >= 15 is 0 Å². The van der Waals surface area contributed by atoms with E-state index in [2.05, 4.69) is 55.7 Å². The Bertz CT molecular complexity index is 740. The Labute approximate surface area is 138 Å². The molecule has 2 rings (SSSR count). The molecule has 1 aromatic carbocycles. The third kappa shape index (κ3) is 3.76. The number of pyridine rings is 1. The zero-order valence-electron chi connectivity index (χ0n) is 17.0. The quantitative estimate of drug-likeness (QED) is 0.686. The van der Waals surface area contributed by atoms with Crippen LogP contribution >= 0.6 is 0 Å². The van der Waals surface area contributed by atoms with Gasteiger partial charge < -0.3 is 0 Å². The fraction of sp³-hybridized carbons (Fsp3) is 0.476. The molecule has 0 saturated heterocycles. The minimum atomic E-state index is -1.39. The van der Waals surface area contributed by atoms with Crippen LogP contribution in [0.1, 0.15) is 60.0 Å². The monoisotopic (exact) mass is 298 g/mol. The largest absolute Gasteiger partial charge is 0.212 e. The smallest absolute Gasteiger partial charge is 0.201 e. The molecule has 0 aliphatic carbocycles. The van der Waals surface area contributed by atoms with E-state index < -0.39 is 11.8 Å². The molecule has 0 N–H and O–H groups in total. The van der Waals surface area contributed by atoms with Gasteiger partial charge in [-0.05, 0) is 41.8 Å². The molecule has 1 heteroatoms. The lowest BCUT2D eigenvalue weighted by atomic mass is 9.84. The molecule has 1 nitrogen and oxygen atoms in total. The van der Waals surface area contributed by atoms with Gasteiger partial charge in [-0.1, -0.05) is 52.8 Å². The van der Waals surface area contributed by atoms with Crippen molar-refractivity contribution in [2.24, 2.45) is 12.5 Å². The molecular weight excluding hydrogens is 266 g/mol. The molecule has 22 heavy (non-hydrogen) atoms. The van der Waals surface area contributed by atoms with E-state index in [1.165, 1.54) is 11.1 Å². The first-order valence-corrected chi connectivity index (χ1v) is 8.07. The van der Waals surface area contributed by atoms with Crippen LogP contribution in [0.5, 0.6) is 0 Å². The minimum absolute atomic E-state index is 0.265. The van der Waals surface area contributed by atoms with E-state index in [0.29, 0.717) is 0 Å². The molecule has 0 fully saturated rings. The Hall–Kier alpha value is -1.63. The van der Waals surface area contributed by atoms with Gasteiger partial charge >= 0.3 is 0 Å². The second-order valence-electron chi connectivity index (χ2n) is 7.48. The number of aromatic nitrogens is 1. The highest BCUT2D eigenvalue weighted by atomic mass is 14.9. The molecule has 0 saturated carbocycles. The van der Waals surface area contributed by atoms with Crippen molar-refractivity contribution in [3.63, 3.8) is 0 Å². The van der Waals surface area contributed by atoms with Gasteiger partial charge in [0.1, 0.15) is 7.05 Å².